The van der Waals surface area contributed by atoms with Crippen LogP contribution in [-0.4, -0.2) is 37.8 Å². The van der Waals surface area contributed by atoms with Crippen molar-refractivity contribution >= 4 is 22.7 Å². The summed E-state index contributed by atoms with van der Waals surface area (Å²) in [5.41, 5.74) is 10.1. The SMILES string of the molecule is NC(=O)[C@H](Cc1c[nH]c2ccccc12)NC(=O)c1cc(-c2ccccn2)nc(-c2ccccn2)c1. The zero-order valence-corrected chi connectivity index (χ0v) is 18.7. The lowest BCUT2D eigenvalue weighted by atomic mass is 10.0. The largest absolute Gasteiger partial charge is 0.368 e. The lowest BCUT2D eigenvalue weighted by Gasteiger charge is -2.16. The van der Waals surface area contributed by atoms with Crippen LogP contribution in [0.3, 0.4) is 0 Å². The van der Waals surface area contributed by atoms with Crippen LogP contribution in [-0.2, 0) is 11.2 Å². The number of para-hydroxylation sites is 1. The van der Waals surface area contributed by atoms with E-state index in [0.717, 1.165) is 16.5 Å². The van der Waals surface area contributed by atoms with Gasteiger partial charge in [-0.1, -0.05) is 30.3 Å². The maximum atomic E-state index is 13.3. The maximum absolute atomic E-state index is 13.3. The molecule has 5 rings (SSSR count). The van der Waals surface area contributed by atoms with Crippen molar-refractivity contribution in [3.05, 3.63) is 103 Å². The molecule has 8 heteroatoms. The van der Waals surface area contributed by atoms with Crippen LogP contribution in [0.5, 0.6) is 0 Å². The molecule has 0 aliphatic carbocycles. The maximum Gasteiger partial charge on any atom is 0.252 e. The number of carbonyl (C=O) groups is 2. The van der Waals surface area contributed by atoms with Crippen LogP contribution < -0.4 is 11.1 Å². The Labute approximate surface area is 201 Å². The second-order valence-electron chi connectivity index (χ2n) is 8.05. The summed E-state index contributed by atoms with van der Waals surface area (Å²) >= 11 is 0. The average Bonchev–Trinajstić information content (AvgIpc) is 3.31. The van der Waals surface area contributed by atoms with Crippen molar-refractivity contribution in [3.63, 3.8) is 0 Å². The van der Waals surface area contributed by atoms with E-state index in [-0.39, 0.29) is 6.42 Å². The van der Waals surface area contributed by atoms with Gasteiger partial charge < -0.3 is 16.0 Å². The minimum absolute atomic E-state index is 0.260. The number of hydrogen-bond donors (Lipinski definition) is 3. The molecule has 0 aliphatic rings. The van der Waals surface area contributed by atoms with Crippen LogP contribution in [0.4, 0.5) is 0 Å². The molecule has 0 saturated heterocycles. The van der Waals surface area contributed by atoms with Gasteiger partial charge in [0.05, 0.1) is 22.8 Å². The number of carbonyl (C=O) groups excluding carboxylic acids is 2. The summed E-state index contributed by atoms with van der Waals surface area (Å²) in [7, 11) is 0. The number of rotatable bonds is 7. The first kappa shape index (κ1) is 22.0. The molecule has 0 spiro atoms. The van der Waals surface area contributed by atoms with Crippen molar-refractivity contribution in [2.45, 2.75) is 12.5 Å². The highest BCUT2D eigenvalue weighted by Gasteiger charge is 2.22. The van der Waals surface area contributed by atoms with E-state index in [4.69, 9.17) is 5.73 Å². The number of primary amides is 1. The Morgan fingerprint density at radius 1 is 0.857 bits per heavy atom. The lowest BCUT2D eigenvalue weighted by molar-refractivity contribution is -0.119. The Morgan fingerprint density at radius 2 is 1.49 bits per heavy atom. The van der Waals surface area contributed by atoms with E-state index in [9.17, 15) is 9.59 Å². The molecule has 0 unspecified atom stereocenters. The van der Waals surface area contributed by atoms with Crippen molar-refractivity contribution in [3.8, 4) is 22.8 Å². The number of nitrogens with zero attached hydrogens (tertiary/aromatic N) is 3. The number of H-pyrrole nitrogens is 1. The van der Waals surface area contributed by atoms with Gasteiger partial charge >= 0.3 is 0 Å². The molecular formula is C27H22N6O2. The minimum atomic E-state index is -0.897. The highest BCUT2D eigenvalue weighted by atomic mass is 16.2. The van der Waals surface area contributed by atoms with Crippen molar-refractivity contribution in [2.24, 2.45) is 5.73 Å². The van der Waals surface area contributed by atoms with Crippen LogP contribution in [0, 0.1) is 0 Å². The predicted molar refractivity (Wildman–Crippen MR) is 133 cm³/mol. The van der Waals surface area contributed by atoms with Gasteiger partial charge in [0.15, 0.2) is 0 Å². The van der Waals surface area contributed by atoms with Crippen LogP contribution in [0.2, 0.25) is 0 Å². The molecule has 0 aliphatic heterocycles. The number of benzene rings is 1. The molecular weight excluding hydrogens is 440 g/mol. The number of nitrogens with two attached hydrogens (primary N) is 1. The first-order chi connectivity index (χ1) is 17.1. The van der Waals surface area contributed by atoms with Gasteiger partial charge in [-0.2, -0.15) is 0 Å². The molecule has 5 aromatic rings. The Kier molecular flexibility index (Phi) is 6.00. The monoisotopic (exact) mass is 462 g/mol. The number of fused-ring (bicyclic) bond motifs is 1. The molecule has 4 N–H and O–H groups in total. The molecule has 172 valence electrons. The van der Waals surface area contributed by atoms with Gasteiger partial charge in [0.1, 0.15) is 6.04 Å². The fourth-order valence-corrected chi connectivity index (χ4v) is 3.94. The average molecular weight is 463 g/mol. The lowest BCUT2D eigenvalue weighted by Crippen LogP contribution is -2.45. The van der Waals surface area contributed by atoms with E-state index >= 15 is 0 Å². The van der Waals surface area contributed by atoms with Gasteiger partial charge in [-0.15, -0.1) is 0 Å². The van der Waals surface area contributed by atoms with Gasteiger partial charge in [0.2, 0.25) is 5.91 Å². The van der Waals surface area contributed by atoms with Gasteiger partial charge in [0.25, 0.3) is 5.91 Å². The number of hydrogen-bond acceptors (Lipinski definition) is 5. The standard InChI is InChI=1S/C27H22N6O2/c28-26(34)25(15-18-16-31-20-8-2-1-7-19(18)20)33-27(35)17-13-23(21-9-3-5-11-29-21)32-24(14-17)22-10-4-6-12-30-22/h1-14,16,25,31H,15H2,(H2,28,34)(H,33,35)/t25-/m0/s1. The molecule has 8 nitrogen and oxygen atoms in total. The molecule has 0 saturated carbocycles. The van der Waals surface area contributed by atoms with E-state index in [0.29, 0.717) is 28.3 Å². The van der Waals surface area contributed by atoms with Gasteiger partial charge in [-0.3, -0.25) is 19.6 Å². The van der Waals surface area contributed by atoms with Gasteiger partial charge in [-0.25, -0.2) is 4.98 Å². The third kappa shape index (κ3) is 4.77. The van der Waals surface area contributed by atoms with Gasteiger partial charge in [-0.05, 0) is 48.0 Å². The molecule has 0 fully saturated rings. The second kappa shape index (κ2) is 9.56. The van der Waals surface area contributed by atoms with Crippen molar-refractivity contribution in [2.75, 3.05) is 0 Å². The molecule has 4 aromatic heterocycles. The number of nitrogens with one attached hydrogen (secondary N) is 2. The molecule has 0 radical (unpaired) electrons. The molecule has 0 bridgehead atoms. The molecule has 2 amide bonds. The zero-order valence-electron chi connectivity index (χ0n) is 18.7. The summed E-state index contributed by atoms with van der Waals surface area (Å²) in [6.07, 6.45) is 5.41. The summed E-state index contributed by atoms with van der Waals surface area (Å²) < 4.78 is 0. The third-order valence-corrected chi connectivity index (χ3v) is 5.69. The summed E-state index contributed by atoms with van der Waals surface area (Å²) in [4.78, 5) is 42.2. The topological polar surface area (TPSA) is 127 Å². The first-order valence-corrected chi connectivity index (χ1v) is 11.1. The van der Waals surface area contributed by atoms with Crippen molar-refractivity contribution in [1.29, 1.82) is 0 Å². The van der Waals surface area contributed by atoms with Crippen LogP contribution >= 0.6 is 0 Å². The highest BCUT2D eigenvalue weighted by molar-refractivity contribution is 5.99. The molecule has 4 heterocycles. The number of aromatic amines is 1. The Balaban J connectivity index is 1.48. The van der Waals surface area contributed by atoms with Gasteiger partial charge in [0, 0.05) is 41.5 Å². The summed E-state index contributed by atoms with van der Waals surface area (Å²) in [5.74, 6) is -1.06. The number of pyridine rings is 3. The van der Waals surface area contributed by atoms with E-state index in [2.05, 4.69) is 25.3 Å². The van der Waals surface area contributed by atoms with E-state index in [1.165, 1.54) is 0 Å². The quantitative estimate of drug-likeness (QED) is 0.341. The minimum Gasteiger partial charge on any atom is -0.368 e. The first-order valence-electron chi connectivity index (χ1n) is 11.1. The number of amides is 2. The Morgan fingerprint density at radius 3 is 2.09 bits per heavy atom. The predicted octanol–water partition coefficient (Wildman–Crippen LogP) is 3.51. The third-order valence-electron chi connectivity index (χ3n) is 5.69. The summed E-state index contributed by atoms with van der Waals surface area (Å²) in [6.45, 7) is 0. The van der Waals surface area contributed by atoms with Crippen molar-refractivity contribution < 1.29 is 9.59 Å². The smallest absolute Gasteiger partial charge is 0.252 e. The molecule has 1 atom stereocenters. The Hall–Kier alpha value is -4.85. The normalized spacial score (nSPS) is 11.8. The van der Waals surface area contributed by atoms with Crippen molar-refractivity contribution in [1.82, 2.24) is 25.3 Å². The summed E-state index contributed by atoms with van der Waals surface area (Å²) in [6, 6.07) is 21.1. The van der Waals surface area contributed by atoms with E-state index in [1.807, 2.05) is 66.9 Å². The fourth-order valence-electron chi connectivity index (χ4n) is 3.94. The van der Waals surface area contributed by atoms with Crippen LogP contribution in [0.25, 0.3) is 33.7 Å². The molecule has 1 aromatic carbocycles. The second-order valence-corrected chi connectivity index (χ2v) is 8.05. The zero-order chi connectivity index (χ0) is 24.2. The van der Waals surface area contributed by atoms with Crippen LogP contribution in [0.15, 0.2) is 91.4 Å². The molecule has 35 heavy (non-hydrogen) atoms. The van der Waals surface area contributed by atoms with E-state index < -0.39 is 17.9 Å². The summed E-state index contributed by atoms with van der Waals surface area (Å²) in [5, 5.41) is 3.78. The van der Waals surface area contributed by atoms with Crippen LogP contribution in [0.1, 0.15) is 15.9 Å². The van der Waals surface area contributed by atoms with E-state index in [1.54, 1.807) is 24.5 Å². The Bertz CT molecular complexity index is 1440. The number of aromatic nitrogens is 4. The highest BCUT2D eigenvalue weighted by Crippen LogP contribution is 2.23. The fraction of sp³-hybridized carbons (Fsp3) is 0.0741.